The predicted octanol–water partition coefficient (Wildman–Crippen LogP) is 3.92. The monoisotopic (exact) mass is 326 g/mol. The maximum Gasteiger partial charge on any atom is 0.244 e. The molecule has 1 aliphatic heterocycles. The maximum absolute atomic E-state index is 5.58. The minimum atomic E-state index is 0.187. The third-order valence-electron chi connectivity index (χ3n) is 4.17. The van der Waals surface area contributed by atoms with E-state index in [4.69, 9.17) is 4.52 Å². The standard InChI is InChI=1S/C17H18N4OS/c1-3-9-18-13(6-1)12-21-10-4-2-7-14(21)17-19-16(20-22-17)15-8-5-11-23-15/h1,3,5-6,8-9,11,14H,2,4,7,10,12H2/t14-/m1/s1. The maximum atomic E-state index is 5.58. The van der Waals surface area contributed by atoms with Gasteiger partial charge in [-0.05, 0) is 43.0 Å². The van der Waals surface area contributed by atoms with E-state index in [0.29, 0.717) is 5.82 Å². The molecule has 0 unspecified atom stereocenters. The summed E-state index contributed by atoms with van der Waals surface area (Å²) in [5.41, 5.74) is 1.08. The van der Waals surface area contributed by atoms with Crippen LogP contribution in [0.3, 0.4) is 0 Å². The zero-order chi connectivity index (χ0) is 15.5. The van der Waals surface area contributed by atoms with Gasteiger partial charge in [0.15, 0.2) is 0 Å². The van der Waals surface area contributed by atoms with Crippen molar-refractivity contribution >= 4 is 11.3 Å². The highest BCUT2D eigenvalue weighted by atomic mass is 32.1. The highest BCUT2D eigenvalue weighted by Crippen LogP contribution is 2.32. The van der Waals surface area contributed by atoms with Gasteiger partial charge in [0.2, 0.25) is 11.7 Å². The van der Waals surface area contributed by atoms with Crippen LogP contribution >= 0.6 is 11.3 Å². The first-order chi connectivity index (χ1) is 11.4. The van der Waals surface area contributed by atoms with Crippen molar-refractivity contribution in [1.82, 2.24) is 20.0 Å². The van der Waals surface area contributed by atoms with Crippen molar-refractivity contribution in [1.29, 1.82) is 0 Å². The molecule has 3 aromatic rings. The van der Waals surface area contributed by atoms with Gasteiger partial charge in [0.1, 0.15) is 0 Å². The summed E-state index contributed by atoms with van der Waals surface area (Å²) < 4.78 is 5.58. The average molecular weight is 326 g/mol. The molecule has 4 rings (SSSR count). The van der Waals surface area contributed by atoms with Crippen LogP contribution < -0.4 is 0 Å². The number of rotatable bonds is 4. The quantitative estimate of drug-likeness (QED) is 0.727. The third kappa shape index (κ3) is 3.18. The van der Waals surface area contributed by atoms with Gasteiger partial charge in [-0.15, -0.1) is 11.3 Å². The molecular formula is C17H18N4OS. The zero-order valence-electron chi connectivity index (χ0n) is 12.8. The van der Waals surface area contributed by atoms with Crippen LogP contribution in [0.2, 0.25) is 0 Å². The van der Waals surface area contributed by atoms with Crippen molar-refractivity contribution < 1.29 is 4.52 Å². The van der Waals surface area contributed by atoms with Crippen molar-refractivity contribution in [2.45, 2.75) is 31.8 Å². The van der Waals surface area contributed by atoms with Crippen LogP contribution in [0.4, 0.5) is 0 Å². The number of thiophene rings is 1. The Balaban J connectivity index is 1.55. The Morgan fingerprint density at radius 3 is 3.04 bits per heavy atom. The fourth-order valence-corrected chi connectivity index (χ4v) is 3.69. The Hall–Kier alpha value is -2.05. The highest BCUT2D eigenvalue weighted by Gasteiger charge is 2.29. The smallest absolute Gasteiger partial charge is 0.244 e. The first kappa shape index (κ1) is 14.5. The molecule has 0 amide bonds. The van der Waals surface area contributed by atoms with Gasteiger partial charge in [-0.3, -0.25) is 9.88 Å². The summed E-state index contributed by atoms with van der Waals surface area (Å²) in [6.45, 7) is 1.86. The van der Waals surface area contributed by atoms with Gasteiger partial charge in [0, 0.05) is 12.7 Å². The van der Waals surface area contributed by atoms with E-state index in [1.54, 1.807) is 11.3 Å². The second kappa shape index (κ2) is 6.60. The molecule has 23 heavy (non-hydrogen) atoms. The van der Waals surface area contributed by atoms with Crippen molar-refractivity contribution in [2.24, 2.45) is 0 Å². The normalized spacial score (nSPS) is 19.0. The van der Waals surface area contributed by atoms with Crippen LogP contribution in [-0.2, 0) is 6.54 Å². The second-order valence-corrected chi connectivity index (χ2v) is 6.68. The minimum absolute atomic E-state index is 0.187. The van der Waals surface area contributed by atoms with Crippen LogP contribution in [0.15, 0.2) is 46.4 Å². The van der Waals surface area contributed by atoms with Gasteiger partial charge in [0.05, 0.1) is 16.6 Å². The van der Waals surface area contributed by atoms with Gasteiger partial charge < -0.3 is 4.52 Å². The van der Waals surface area contributed by atoms with E-state index in [9.17, 15) is 0 Å². The van der Waals surface area contributed by atoms with E-state index >= 15 is 0 Å². The van der Waals surface area contributed by atoms with Gasteiger partial charge in [0.25, 0.3) is 0 Å². The molecule has 0 spiro atoms. The predicted molar refractivity (Wildman–Crippen MR) is 88.9 cm³/mol. The average Bonchev–Trinajstić information content (AvgIpc) is 3.28. The Morgan fingerprint density at radius 2 is 2.22 bits per heavy atom. The lowest BCUT2D eigenvalue weighted by atomic mass is 10.0. The van der Waals surface area contributed by atoms with Crippen LogP contribution in [0.5, 0.6) is 0 Å². The zero-order valence-corrected chi connectivity index (χ0v) is 13.6. The molecule has 1 fully saturated rings. The summed E-state index contributed by atoms with van der Waals surface area (Å²) in [7, 11) is 0. The number of hydrogen-bond donors (Lipinski definition) is 0. The lowest BCUT2D eigenvalue weighted by Gasteiger charge is -2.32. The summed E-state index contributed by atoms with van der Waals surface area (Å²) in [6, 6.07) is 10.3. The van der Waals surface area contributed by atoms with Crippen molar-refractivity contribution in [3.8, 4) is 10.7 Å². The minimum Gasteiger partial charge on any atom is -0.337 e. The van der Waals surface area contributed by atoms with Crippen LogP contribution in [0, 0.1) is 0 Å². The highest BCUT2D eigenvalue weighted by molar-refractivity contribution is 7.13. The fourth-order valence-electron chi connectivity index (χ4n) is 3.04. The molecule has 0 bridgehead atoms. The van der Waals surface area contributed by atoms with Gasteiger partial charge in [-0.2, -0.15) is 4.98 Å². The molecular weight excluding hydrogens is 308 g/mol. The Bertz CT molecular complexity index is 741. The molecule has 4 heterocycles. The molecule has 0 radical (unpaired) electrons. The summed E-state index contributed by atoms with van der Waals surface area (Å²) in [5.74, 6) is 1.42. The van der Waals surface area contributed by atoms with Crippen molar-refractivity contribution in [3.63, 3.8) is 0 Å². The van der Waals surface area contributed by atoms with E-state index in [-0.39, 0.29) is 6.04 Å². The number of hydrogen-bond acceptors (Lipinski definition) is 6. The molecule has 1 saturated heterocycles. The molecule has 1 aliphatic rings. The Morgan fingerprint density at radius 1 is 1.22 bits per heavy atom. The molecule has 1 atom stereocenters. The van der Waals surface area contributed by atoms with E-state index in [1.807, 2.05) is 35.8 Å². The fraction of sp³-hybridized carbons (Fsp3) is 0.353. The van der Waals surface area contributed by atoms with Crippen LogP contribution in [0.1, 0.15) is 36.9 Å². The van der Waals surface area contributed by atoms with E-state index in [2.05, 4.69) is 26.1 Å². The lowest BCUT2D eigenvalue weighted by Crippen LogP contribution is -2.33. The number of pyridine rings is 1. The summed E-state index contributed by atoms with van der Waals surface area (Å²) >= 11 is 1.63. The molecule has 6 heteroatoms. The summed E-state index contributed by atoms with van der Waals surface area (Å²) in [6.07, 6.45) is 5.30. The summed E-state index contributed by atoms with van der Waals surface area (Å²) in [4.78, 5) is 12.5. The molecule has 5 nitrogen and oxygen atoms in total. The van der Waals surface area contributed by atoms with E-state index in [0.717, 1.165) is 36.0 Å². The molecule has 3 aromatic heterocycles. The van der Waals surface area contributed by atoms with E-state index < -0.39 is 0 Å². The number of likely N-dealkylation sites (tertiary alicyclic amines) is 1. The summed E-state index contributed by atoms with van der Waals surface area (Å²) in [5, 5.41) is 6.18. The topological polar surface area (TPSA) is 55.1 Å². The largest absolute Gasteiger partial charge is 0.337 e. The molecule has 118 valence electrons. The van der Waals surface area contributed by atoms with Gasteiger partial charge in [-0.1, -0.05) is 23.7 Å². The molecule has 0 saturated carbocycles. The lowest BCUT2D eigenvalue weighted by molar-refractivity contribution is 0.110. The number of piperidine rings is 1. The first-order valence-corrected chi connectivity index (χ1v) is 8.79. The van der Waals surface area contributed by atoms with Crippen molar-refractivity contribution in [3.05, 3.63) is 53.5 Å². The second-order valence-electron chi connectivity index (χ2n) is 5.74. The van der Waals surface area contributed by atoms with Crippen LogP contribution in [0.25, 0.3) is 10.7 Å². The SMILES string of the molecule is c1ccc(CN2CCCC[C@@H]2c2nc(-c3cccs3)no2)nc1. The third-order valence-corrected chi connectivity index (χ3v) is 5.04. The number of nitrogens with zero attached hydrogens (tertiary/aromatic N) is 4. The van der Waals surface area contributed by atoms with Crippen molar-refractivity contribution in [2.75, 3.05) is 6.54 Å². The molecule has 0 aromatic carbocycles. The molecule has 0 N–H and O–H groups in total. The Kier molecular flexibility index (Phi) is 4.17. The van der Waals surface area contributed by atoms with Gasteiger partial charge >= 0.3 is 0 Å². The number of aromatic nitrogens is 3. The Labute approximate surface area is 139 Å². The van der Waals surface area contributed by atoms with Gasteiger partial charge in [-0.25, -0.2) is 0 Å². The van der Waals surface area contributed by atoms with Crippen LogP contribution in [-0.4, -0.2) is 26.6 Å². The van der Waals surface area contributed by atoms with E-state index in [1.165, 1.54) is 12.8 Å². The first-order valence-electron chi connectivity index (χ1n) is 7.91. The molecule has 0 aliphatic carbocycles.